The van der Waals surface area contributed by atoms with Crippen LogP contribution >= 0.6 is 0 Å². The van der Waals surface area contributed by atoms with Crippen molar-refractivity contribution in [3.63, 3.8) is 0 Å². The van der Waals surface area contributed by atoms with E-state index in [2.05, 4.69) is 10.3 Å². The second-order valence-electron chi connectivity index (χ2n) is 6.28. The molecule has 5 heteroatoms. The molecule has 0 bridgehead atoms. The quantitative estimate of drug-likeness (QED) is 0.940. The maximum atomic E-state index is 13.0. The molecule has 0 aliphatic carbocycles. The standard InChI is InChI=1S/C19H23N3O2/c1-2-9-21-18(23)15-6-4-11-22(13-15)19(24)17-7-3-5-14-12-20-10-8-16(14)17/h3,5,7-8,10,12,15H,2,4,6,9,11,13H2,1H3,(H,21,23). The Kier molecular flexibility index (Phi) is 5.08. The Morgan fingerprint density at radius 2 is 2.21 bits per heavy atom. The number of hydrogen-bond donors (Lipinski definition) is 1. The van der Waals surface area contributed by atoms with Crippen LogP contribution in [-0.2, 0) is 4.79 Å². The van der Waals surface area contributed by atoms with Crippen molar-refractivity contribution < 1.29 is 9.59 Å². The van der Waals surface area contributed by atoms with E-state index in [9.17, 15) is 9.59 Å². The highest BCUT2D eigenvalue weighted by atomic mass is 16.2. The number of fused-ring (bicyclic) bond motifs is 1. The minimum Gasteiger partial charge on any atom is -0.356 e. The van der Waals surface area contributed by atoms with Gasteiger partial charge in [-0.05, 0) is 36.8 Å². The van der Waals surface area contributed by atoms with E-state index in [0.717, 1.165) is 30.0 Å². The van der Waals surface area contributed by atoms with Gasteiger partial charge >= 0.3 is 0 Å². The van der Waals surface area contributed by atoms with Crippen LogP contribution in [0.2, 0.25) is 0 Å². The van der Waals surface area contributed by atoms with Crippen molar-refractivity contribution in [2.45, 2.75) is 26.2 Å². The number of rotatable bonds is 4. The Balaban J connectivity index is 1.78. The zero-order valence-electron chi connectivity index (χ0n) is 14.0. The molecule has 1 N–H and O–H groups in total. The van der Waals surface area contributed by atoms with Crippen LogP contribution in [0.3, 0.4) is 0 Å². The molecule has 2 amide bonds. The largest absolute Gasteiger partial charge is 0.356 e. The summed E-state index contributed by atoms with van der Waals surface area (Å²) in [5.74, 6) is -0.0397. The molecule has 1 aliphatic heterocycles. The van der Waals surface area contributed by atoms with Gasteiger partial charge in [0, 0.05) is 43.0 Å². The van der Waals surface area contributed by atoms with Crippen molar-refractivity contribution in [1.82, 2.24) is 15.2 Å². The minimum absolute atomic E-state index is 0.000193. The van der Waals surface area contributed by atoms with E-state index in [1.165, 1.54) is 0 Å². The van der Waals surface area contributed by atoms with Crippen LogP contribution in [0.4, 0.5) is 0 Å². The number of pyridine rings is 1. The van der Waals surface area contributed by atoms with Gasteiger partial charge in [-0.3, -0.25) is 14.6 Å². The van der Waals surface area contributed by atoms with Crippen molar-refractivity contribution in [3.8, 4) is 0 Å². The van der Waals surface area contributed by atoms with Crippen LogP contribution in [0.5, 0.6) is 0 Å². The molecular formula is C19H23N3O2. The molecule has 0 saturated carbocycles. The average molecular weight is 325 g/mol. The first-order valence-electron chi connectivity index (χ1n) is 8.60. The second-order valence-corrected chi connectivity index (χ2v) is 6.28. The van der Waals surface area contributed by atoms with Crippen LogP contribution in [0.1, 0.15) is 36.5 Å². The predicted molar refractivity (Wildman–Crippen MR) is 93.7 cm³/mol. The van der Waals surface area contributed by atoms with Crippen LogP contribution in [0.15, 0.2) is 36.7 Å². The fraction of sp³-hybridized carbons (Fsp3) is 0.421. The number of nitrogens with one attached hydrogen (secondary N) is 1. The summed E-state index contributed by atoms with van der Waals surface area (Å²) >= 11 is 0. The summed E-state index contributed by atoms with van der Waals surface area (Å²) in [6.07, 6.45) is 6.10. The average Bonchev–Trinajstić information content (AvgIpc) is 2.65. The van der Waals surface area contributed by atoms with Crippen molar-refractivity contribution in [2.24, 2.45) is 5.92 Å². The molecule has 2 heterocycles. The third kappa shape index (κ3) is 3.40. The highest BCUT2D eigenvalue weighted by Crippen LogP contribution is 2.23. The number of likely N-dealkylation sites (tertiary alicyclic amines) is 1. The number of piperidine rings is 1. The molecule has 24 heavy (non-hydrogen) atoms. The molecule has 1 fully saturated rings. The van der Waals surface area contributed by atoms with Crippen molar-refractivity contribution in [3.05, 3.63) is 42.2 Å². The zero-order valence-corrected chi connectivity index (χ0v) is 14.0. The lowest BCUT2D eigenvalue weighted by Gasteiger charge is -2.32. The van der Waals surface area contributed by atoms with Crippen LogP contribution < -0.4 is 5.32 Å². The number of amides is 2. The van der Waals surface area contributed by atoms with Crippen molar-refractivity contribution in [1.29, 1.82) is 0 Å². The summed E-state index contributed by atoms with van der Waals surface area (Å²) in [6, 6.07) is 7.56. The Morgan fingerprint density at radius 3 is 3.04 bits per heavy atom. The van der Waals surface area contributed by atoms with E-state index < -0.39 is 0 Å². The van der Waals surface area contributed by atoms with Crippen molar-refractivity contribution in [2.75, 3.05) is 19.6 Å². The van der Waals surface area contributed by atoms with Gasteiger partial charge in [-0.25, -0.2) is 0 Å². The topological polar surface area (TPSA) is 62.3 Å². The fourth-order valence-corrected chi connectivity index (χ4v) is 3.25. The van der Waals surface area contributed by atoms with Gasteiger partial charge in [0.1, 0.15) is 0 Å². The Hall–Kier alpha value is -2.43. The Bertz CT molecular complexity index is 739. The second kappa shape index (κ2) is 7.43. The van der Waals surface area contributed by atoms with Gasteiger partial charge < -0.3 is 10.2 Å². The van der Waals surface area contributed by atoms with Gasteiger partial charge in [-0.15, -0.1) is 0 Å². The smallest absolute Gasteiger partial charge is 0.254 e. The molecule has 0 spiro atoms. The number of carbonyl (C=O) groups excluding carboxylic acids is 2. The molecule has 0 radical (unpaired) electrons. The maximum Gasteiger partial charge on any atom is 0.254 e. The lowest BCUT2D eigenvalue weighted by molar-refractivity contribution is -0.126. The van der Waals surface area contributed by atoms with Crippen LogP contribution in [-0.4, -0.2) is 41.3 Å². The van der Waals surface area contributed by atoms with Crippen LogP contribution in [0.25, 0.3) is 10.8 Å². The van der Waals surface area contributed by atoms with Gasteiger partial charge in [-0.2, -0.15) is 0 Å². The normalized spacial score (nSPS) is 17.7. The van der Waals surface area contributed by atoms with Gasteiger partial charge in [-0.1, -0.05) is 19.1 Å². The molecule has 126 valence electrons. The number of carbonyl (C=O) groups is 2. The predicted octanol–water partition coefficient (Wildman–Crippen LogP) is 2.61. The molecule has 2 aromatic rings. The lowest BCUT2D eigenvalue weighted by Crippen LogP contribution is -2.45. The van der Waals surface area contributed by atoms with Gasteiger partial charge in [0.05, 0.1) is 5.92 Å². The first kappa shape index (κ1) is 16.4. The van der Waals surface area contributed by atoms with Gasteiger partial charge in [0.15, 0.2) is 0 Å². The molecule has 1 saturated heterocycles. The summed E-state index contributed by atoms with van der Waals surface area (Å²) in [5, 5.41) is 4.81. The first-order chi connectivity index (χ1) is 11.7. The summed E-state index contributed by atoms with van der Waals surface area (Å²) in [6.45, 7) is 3.93. The van der Waals surface area contributed by atoms with E-state index in [1.807, 2.05) is 36.1 Å². The van der Waals surface area contributed by atoms with E-state index in [1.54, 1.807) is 12.4 Å². The highest BCUT2D eigenvalue weighted by Gasteiger charge is 2.29. The molecule has 1 aliphatic rings. The SMILES string of the molecule is CCCNC(=O)C1CCCN(C(=O)c2cccc3cnccc23)C1. The van der Waals surface area contributed by atoms with E-state index in [4.69, 9.17) is 0 Å². The molecule has 1 atom stereocenters. The number of hydrogen-bond acceptors (Lipinski definition) is 3. The third-order valence-corrected chi connectivity index (χ3v) is 4.54. The first-order valence-corrected chi connectivity index (χ1v) is 8.60. The molecule has 1 aromatic heterocycles. The minimum atomic E-state index is -0.106. The molecule has 1 unspecified atom stereocenters. The van der Waals surface area contributed by atoms with E-state index >= 15 is 0 Å². The van der Waals surface area contributed by atoms with Crippen molar-refractivity contribution >= 4 is 22.6 Å². The Morgan fingerprint density at radius 1 is 1.33 bits per heavy atom. The number of aromatic nitrogens is 1. The molecule has 5 nitrogen and oxygen atoms in total. The lowest BCUT2D eigenvalue weighted by atomic mass is 9.96. The highest BCUT2D eigenvalue weighted by molar-refractivity contribution is 6.07. The molecule has 1 aromatic carbocycles. The number of benzene rings is 1. The summed E-state index contributed by atoms with van der Waals surface area (Å²) in [4.78, 5) is 31.1. The summed E-state index contributed by atoms with van der Waals surface area (Å²) in [7, 11) is 0. The van der Waals surface area contributed by atoms with Crippen LogP contribution in [0, 0.1) is 5.92 Å². The zero-order chi connectivity index (χ0) is 16.9. The van der Waals surface area contributed by atoms with Gasteiger partial charge in [0.25, 0.3) is 5.91 Å². The van der Waals surface area contributed by atoms with Gasteiger partial charge in [0.2, 0.25) is 5.91 Å². The molecular weight excluding hydrogens is 302 g/mol. The van der Waals surface area contributed by atoms with E-state index in [0.29, 0.717) is 25.2 Å². The summed E-state index contributed by atoms with van der Waals surface area (Å²) in [5.41, 5.74) is 0.685. The Labute approximate surface area is 142 Å². The monoisotopic (exact) mass is 325 g/mol. The molecule has 3 rings (SSSR count). The number of nitrogens with zero attached hydrogens (tertiary/aromatic N) is 2. The fourth-order valence-electron chi connectivity index (χ4n) is 3.25. The maximum absolute atomic E-state index is 13.0. The summed E-state index contributed by atoms with van der Waals surface area (Å²) < 4.78 is 0. The van der Waals surface area contributed by atoms with E-state index in [-0.39, 0.29) is 17.7 Å². The third-order valence-electron chi connectivity index (χ3n) is 4.54.